The Hall–Kier alpha value is -1.84. The average molecular weight is 315 g/mol. The number of rotatable bonds is 2. The highest BCUT2D eigenvalue weighted by Gasteiger charge is 2.04. The molecule has 0 spiro atoms. The largest absolute Gasteiger partial charge is 0.320 e. The summed E-state index contributed by atoms with van der Waals surface area (Å²) >= 11 is 7.58. The predicted octanol–water partition coefficient (Wildman–Crippen LogP) is 4.95. The molecule has 0 atom stereocenters. The van der Waals surface area contributed by atoms with Gasteiger partial charge in [-0.15, -0.1) is 11.3 Å². The van der Waals surface area contributed by atoms with Gasteiger partial charge < -0.3 is 4.57 Å². The lowest BCUT2D eigenvalue weighted by molar-refractivity contribution is 0.883. The molecule has 0 aliphatic heterocycles. The van der Waals surface area contributed by atoms with Crippen LogP contribution in [0.5, 0.6) is 0 Å². The van der Waals surface area contributed by atoms with Crippen molar-refractivity contribution in [3.05, 3.63) is 69.3 Å². The molecule has 0 aliphatic carbocycles. The number of nitrogens with zero attached hydrogens (tertiary/aromatic N) is 2. The molecule has 1 aromatic heterocycles. The molecule has 3 rings (SSSR count). The molecular weight excluding hydrogens is 300 g/mol. The number of hydrogen-bond donors (Lipinski definition) is 0. The van der Waals surface area contributed by atoms with E-state index in [1.807, 2.05) is 43.4 Å². The van der Waals surface area contributed by atoms with Crippen molar-refractivity contribution >= 4 is 28.6 Å². The summed E-state index contributed by atoms with van der Waals surface area (Å²) in [6, 6.07) is 16.1. The van der Waals surface area contributed by atoms with Crippen molar-refractivity contribution in [3.8, 4) is 11.3 Å². The summed E-state index contributed by atoms with van der Waals surface area (Å²) in [5, 5.41) is 2.87. The first-order chi connectivity index (χ1) is 10.1. The van der Waals surface area contributed by atoms with E-state index in [1.165, 1.54) is 5.56 Å². The molecule has 0 bridgehead atoms. The Morgan fingerprint density at radius 1 is 1.00 bits per heavy atom. The summed E-state index contributed by atoms with van der Waals surface area (Å²) in [5.74, 6) is 0. The lowest BCUT2D eigenvalue weighted by Crippen LogP contribution is -2.10. The Bertz CT molecular complexity index is 811. The number of aryl methyl sites for hydroxylation is 1. The van der Waals surface area contributed by atoms with Crippen LogP contribution in [0.2, 0.25) is 5.02 Å². The highest BCUT2D eigenvalue weighted by Crippen LogP contribution is 2.22. The van der Waals surface area contributed by atoms with Crippen molar-refractivity contribution in [1.82, 2.24) is 4.57 Å². The second-order valence-corrected chi connectivity index (χ2v) is 6.19. The summed E-state index contributed by atoms with van der Waals surface area (Å²) in [6.45, 7) is 2.08. The lowest BCUT2D eigenvalue weighted by Gasteiger charge is -2.03. The third kappa shape index (κ3) is 3.09. The molecule has 0 saturated heterocycles. The Labute approximate surface area is 133 Å². The van der Waals surface area contributed by atoms with Crippen LogP contribution in [-0.4, -0.2) is 4.57 Å². The van der Waals surface area contributed by atoms with Crippen LogP contribution in [-0.2, 0) is 7.05 Å². The number of halogens is 1. The van der Waals surface area contributed by atoms with E-state index in [0.717, 1.165) is 26.8 Å². The Balaban J connectivity index is 2.02. The predicted molar refractivity (Wildman–Crippen MR) is 90.1 cm³/mol. The molecule has 2 nitrogen and oxygen atoms in total. The molecule has 3 aromatic rings. The average Bonchev–Trinajstić information content (AvgIpc) is 2.84. The highest BCUT2D eigenvalue weighted by atomic mass is 35.5. The minimum Gasteiger partial charge on any atom is -0.320 e. The van der Waals surface area contributed by atoms with Gasteiger partial charge in [0.25, 0.3) is 0 Å². The molecule has 2 aromatic carbocycles. The van der Waals surface area contributed by atoms with Gasteiger partial charge in [0.05, 0.1) is 11.4 Å². The van der Waals surface area contributed by atoms with Crippen LogP contribution in [0.1, 0.15) is 5.56 Å². The van der Waals surface area contributed by atoms with E-state index in [2.05, 4.69) is 29.0 Å². The zero-order chi connectivity index (χ0) is 14.8. The third-order valence-electron chi connectivity index (χ3n) is 3.32. The minimum atomic E-state index is 0.751. The van der Waals surface area contributed by atoms with Gasteiger partial charge in [0.1, 0.15) is 0 Å². The maximum atomic E-state index is 5.94. The fourth-order valence-corrected chi connectivity index (χ4v) is 3.13. The van der Waals surface area contributed by atoms with Crippen LogP contribution in [0.25, 0.3) is 11.3 Å². The molecule has 0 N–H and O–H groups in total. The van der Waals surface area contributed by atoms with E-state index in [-0.39, 0.29) is 0 Å². The number of benzene rings is 2. The number of hydrogen-bond acceptors (Lipinski definition) is 2. The van der Waals surface area contributed by atoms with Gasteiger partial charge >= 0.3 is 0 Å². The van der Waals surface area contributed by atoms with E-state index >= 15 is 0 Å². The van der Waals surface area contributed by atoms with Crippen LogP contribution >= 0.6 is 22.9 Å². The second-order valence-electron chi connectivity index (χ2n) is 4.92. The topological polar surface area (TPSA) is 17.3 Å². The van der Waals surface area contributed by atoms with Crippen molar-refractivity contribution in [3.63, 3.8) is 0 Å². The zero-order valence-electron chi connectivity index (χ0n) is 11.9. The molecule has 4 heteroatoms. The Kier molecular flexibility index (Phi) is 3.95. The van der Waals surface area contributed by atoms with Crippen molar-refractivity contribution in [2.75, 3.05) is 0 Å². The molecule has 21 heavy (non-hydrogen) atoms. The first-order valence-electron chi connectivity index (χ1n) is 6.65. The van der Waals surface area contributed by atoms with E-state index in [4.69, 9.17) is 16.6 Å². The van der Waals surface area contributed by atoms with Gasteiger partial charge in [-0.2, -0.15) is 0 Å². The molecule has 0 radical (unpaired) electrons. The van der Waals surface area contributed by atoms with Crippen molar-refractivity contribution in [2.24, 2.45) is 12.0 Å². The van der Waals surface area contributed by atoms with E-state index in [9.17, 15) is 0 Å². The van der Waals surface area contributed by atoms with Crippen LogP contribution in [0.15, 0.2) is 58.9 Å². The third-order valence-corrected chi connectivity index (χ3v) is 4.49. The van der Waals surface area contributed by atoms with E-state index in [0.29, 0.717) is 0 Å². The monoisotopic (exact) mass is 314 g/mol. The number of aromatic nitrogens is 1. The van der Waals surface area contributed by atoms with Gasteiger partial charge in [-0.3, -0.25) is 0 Å². The molecule has 0 unspecified atom stereocenters. The molecular formula is C17H15ClN2S. The fraction of sp³-hybridized carbons (Fsp3) is 0.118. The van der Waals surface area contributed by atoms with Crippen LogP contribution in [0, 0.1) is 6.92 Å². The summed E-state index contributed by atoms with van der Waals surface area (Å²) in [5.41, 5.74) is 4.50. The Morgan fingerprint density at radius 2 is 1.67 bits per heavy atom. The molecule has 1 heterocycles. The van der Waals surface area contributed by atoms with Gasteiger partial charge in [0.15, 0.2) is 4.80 Å². The first-order valence-corrected chi connectivity index (χ1v) is 7.91. The van der Waals surface area contributed by atoms with E-state index < -0.39 is 0 Å². The summed E-state index contributed by atoms with van der Waals surface area (Å²) in [7, 11) is 2.04. The summed E-state index contributed by atoms with van der Waals surface area (Å²) in [6.07, 6.45) is 0. The molecule has 0 fully saturated rings. The van der Waals surface area contributed by atoms with E-state index in [1.54, 1.807) is 11.3 Å². The normalized spacial score (nSPS) is 11.9. The quantitative estimate of drug-likeness (QED) is 0.637. The minimum absolute atomic E-state index is 0.751. The van der Waals surface area contributed by atoms with Crippen molar-refractivity contribution in [1.29, 1.82) is 0 Å². The second kappa shape index (κ2) is 5.88. The summed E-state index contributed by atoms with van der Waals surface area (Å²) in [4.78, 5) is 5.68. The Morgan fingerprint density at radius 3 is 2.33 bits per heavy atom. The van der Waals surface area contributed by atoms with Crippen LogP contribution in [0.3, 0.4) is 0 Å². The maximum absolute atomic E-state index is 5.94. The van der Waals surface area contributed by atoms with Gasteiger partial charge in [-0.25, -0.2) is 4.99 Å². The molecule has 106 valence electrons. The maximum Gasteiger partial charge on any atom is 0.190 e. The molecule has 0 amide bonds. The van der Waals surface area contributed by atoms with Crippen LogP contribution < -0.4 is 4.80 Å². The highest BCUT2D eigenvalue weighted by molar-refractivity contribution is 7.07. The molecule has 0 saturated carbocycles. The SMILES string of the molecule is Cc1ccc(N=c2scc(-c3ccc(Cl)cc3)n2C)cc1. The molecule has 0 aliphatic rings. The number of thiazole rings is 1. The fourth-order valence-electron chi connectivity index (χ4n) is 2.08. The first kappa shape index (κ1) is 14.1. The van der Waals surface area contributed by atoms with Gasteiger partial charge in [-0.1, -0.05) is 41.4 Å². The standard InChI is InChI=1S/C17H15ClN2S/c1-12-3-9-15(10-4-12)19-17-20(2)16(11-21-17)13-5-7-14(18)8-6-13/h3-11H,1-2H3. The van der Waals surface area contributed by atoms with Gasteiger partial charge in [0, 0.05) is 17.5 Å². The van der Waals surface area contributed by atoms with Crippen molar-refractivity contribution < 1.29 is 0 Å². The zero-order valence-corrected chi connectivity index (χ0v) is 13.4. The summed E-state index contributed by atoms with van der Waals surface area (Å²) < 4.78 is 2.10. The van der Waals surface area contributed by atoms with Gasteiger partial charge in [0.2, 0.25) is 0 Å². The van der Waals surface area contributed by atoms with Crippen LogP contribution in [0.4, 0.5) is 5.69 Å². The lowest BCUT2D eigenvalue weighted by atomic mass is 10.2. The van der Waals surface area contributed by atoms with Gasteiger partial charge in [-0.05, 0) is 36.8 Å². The van der Waals surface area contributed by atoms with Crippen molar-refractivity contribution in [2.45, 2.75) is 6.92 Å². The smallest absolute Gasteiger partial charge is 0.190 e.